The second kappa shape index (κ2) is 5.29. The summed E-state index contributed by atoms with van der Waals surface area (Å²) < 4.78 is 27.1. The fraction of sp³-hybridized carbons (Fsp3) is 0.571. The van der Waals surface area contributed by atoms with E-state index in [4.69, 9.17) is 5.73 Å². The van der Waals surface area contributed by atoms with Gasteiger partial charge in [0.2, 0.25) is 10.0 Å². The topological polar surface area (TPSA) is 107 Å². The molecule has 7 nitrogen and oxygen atoms in total. The highest BCUT2D eigenvalue weighted by Gasteiger charge is 2.45. The smallest absolute Gasteiger partial charge is 0.270 e. The first-order valence-corrected chi connectivity index (χ1v) is 8.75. The Morgan fingerprint density at radius 2 is 2.05 bits per heavy atom. The molecule has 0 radical (unpaired) electrons. The number of fused-ring (bicyclic) bond motifs is 1. The van der Waals surface area contributed by atoms with Crippen LogP contribution in [0.4, 0.5) is 5.69 Å². The molecule has 1 aromatic rings. The number of hydrogen-bond donors (Lipinski definition) is 1. The molecule has 1 heterocycles. The molecule has 1 saturated heterocycles. The first kappa shape index (κ1) is 15.4. The summed E-state index contributed by atoms with van der Waals surface area (Å²) in [6.07, 6.45) is 1.89. The Morgan fingerprint density at radius 3 is 2.68 bits per heavy atom. The van der Waals surface area contributed by atoms with Crippen molar-refractivity contribution in [2.24, 2.45) is 17.6 Å². The molecule has 1 aromatic carbocycles. The van der Waals surface area contributed by atoms with Crippen LogP contribution in [0.1, 0.15) is 18.4 Å². The third kappa shape index (κ3) is 2.41. The summed E-state index contributed by atoms with van der Waals surface area (Å²) in [5, 5.41) is 10.9. The molecule has 0 aromatic heterocycles. The Hall–Kier alpha value is -1.51. The summed E-state index contributed by atoms with van der Waals surface area (Å²) in [6, 6.07) is 4.01. The SMILES string of the molecule is Cc1ccc([N+](=O)[O-])cc1S(=O)(=O)N1CC2CCC(N)C2C1. The van der Waals surface area contributed by atoms with Crippen molar-refractivity contribution < 1.29 is 13.3 Å². The van der Waals surface area contributed by atoms with Gasteiger partial charge in [0.15, 0.2) is 0 Å². The minimum Gasteiger partial charge on any atom is -0.327 e. The van der Waals surface area contributed by atoms with Crippen LogP contribution >= 0.6 is 0 Å². The number of benzene rings is 1. The third-order valence-corrected chi connectivity index (χ3v) is 6.85. The Labute approximate surface area is 129 Å². The van der Waals surface area contributed by atoms with Crippen molar-refractivity contribution in [1.29, 1.82) is 0 Å². The molecular formula is C14H19N3O4S. The predicted octanol–water partition coefficient (Wildman–Crippen LogP) is 1.26. The molecule has 2 N–H and O–H groups in total. The summed E-state index contributed by atoms with van der Waals surface area (Å²) in [6.45, 7) is 2.53. The summed E-state index contributed by atoms with van der Waals surface area (Å²) in [7, 11) is -3.72. The fourth-order valence-electron chi connectivity index (χ4n) is 3.58. The molecule has 0 spiro atoms. The number of nitro groups is 1. The maximum absolute atomic E-state index is 12.8. The van der Waals surface area contributed by atoms with Gasteiger partial charge < -0.3 is 5.73 Å². The largest absolute Gasteiger partial charge is 0.327 e. The molecule has 2 fully saturated rings. The van der Waals surface area contributed by atoms with Crippen molar-refractivity contribution >= 4 is 15.7 Å². The molecule has 8 heteroatoms. The van der Waals surface area contributed by atoms with Gasteiger partial charge in [0.1, 0.15) is 0 Å². The zero-order valence-corrected chi connectivity index (χ0v) is 13.1. The molecule has 2 aliphatic rings. The number of nitrogens with two attached hydrogens (primary N) is 1. The van der Waals surface area contributed by atoms with Gasteiger partial charge in [-0.2, -0.15) is 4.31 Å². The quantitative estimate of drug-likeness (QED) is 0.665. The number of sulfonamides is 1. The van der Waals surface area contributed by atoms with Crippen LogP contribution < -0.4 is 5.73 Å². The van der Waals surface area contributed by atoms with E-state index in [2.05, 4.69) is 0 Å². The van der Waals surface area contributed by atoms with Gasteiger partial charge in [0.25, 0.3) is 5.69 Å². The van der Waals surface area contributed by atoms with E-state index in [0.29, 0.717) is 24.6 Å². The number of aryl methyl sites for hydroxylation is 1. The lowest BCUT2D eigenvalue weighted by atomic mass is 9.98. The van der Waals surface area contributed by atoms with Gasteiger partial charge in [-0.15, -0.1) is 0 Å². The van der Waals surface area contributed by atoms with Gasteiger partial charge in [-0.25, -0.2) is 8.42 Å². The van der Waals surface area contributed by atoms with Gasteiger partial charge in [0, 0.05) is 31.3 Å². The van der Waals surface area contributed by atoms with Gasteiger partial charge in [-0.05, 0) is 37.2 Å². The zero-order chi connectivity index (χ0) is 16.1. The highest BCUT2D eigenvalue weighted by Crippen LogP contribution is 2.39. The second-order valence-corrected chi connectivity index (χ2v) is 8.10. The number of nitro benzene ring substituents is 1. The number of non-ortho nitro benzene ring substituents is 1. The summed E-state index contributed by atoms with van der Waals surface area (Å²) in [5.41, 5.74) is 6.36. The van der Waals surface area contributed by atoms with Gasteiger partial charge in [-0.3, -0.25) is 10.1 Å². The van der Waals surface area contributed by atoms with Crippen LogP contribution in [0.2, 0.25) is 0 Å². The van der Waals surface area contributed by atoms with Crippen LogP contribution in [0.15, 0.2) is 23.1 Å². The van der Waals surface area contributed by atoms with E-state index in [1.54, 1.807) is 6.92 Å². The Bertz CT molecular complexity index is 719. The highest BCUT2D eigenvalue weighted by molar-refractivity contribution is 7.89. The lowest BCUT2D eigenvalue weighted by Crippen LogP contribution is -2.33. The lowest BCUT2D eigenvalue weighted by Gasteiger charge is -2.19. The van der Waals surface area contributed by atoms with Crippen molar-refractivity contribution in [3.8, 4) is 0 Å². The van der Waals surface area contributed by atoms with Gasteiger partial charge in [-0.1, -0.05) is 6.07 Å². The summed E-state index contributed by atoms with van der Waals surface area (Å²) in [4.78, 5) is 10.3. The minimum atomic E-state index is -3.72. The van der Waals surface area contributed by atoms with E-state index in [0.717, 1.165) is 18.9 Å². The zero-order valence-electron chi connectivity index (χ0n) is 12.3. The normalized spacial score (nSPS) is 28.7. The fourth-order valence-corrected chi connectivity index (χ4v) is 5.36. The van der Waals surface area contributed by atoms with Crippen molar-refractivity contribution in [2.45, 2.75) is 30.7 Å². The number of nitrogens with zero attached hydrogens (tertiary/aromatic N) is 2. The monoisotopic (exact) mass is 325 g/mol. The average molecular weight is 325 g/mol. The average Bonchev–Trinajstić information content (AvgIpc) is 3.02. The first-order chi connectivity index (χ1) is 10.3. The molecule has 3 atom stereocenters. The van der Waals surface area contributed by atoms with Crippen molar-refractivity contribution in [1.82, 2.24) is 4.31 Å². The molecule has 0 amide bonds. The maximum atomic E-state index is 12.8. The van der Waals surface area contributed by atoms with Crippen molar-refractivity contribution in [3.63, 3.8) is 0 Å². The van der Waals surface area contributed by atoms with E-state index < -0.39 is 14.9 Å². The van der Waals surface area contributed by atoms with E-state index in [9.17, 15) is 18.5 Å². The van der Waals surface area contributed by atoms with E-state index in [1.807, 2.05) is 0 Å². The van der Waals surface area contributed by atoms with E-state index >= 15 is 0 Å². The second-order valence-electron chi connectivity index (χ2n) is 6.19. The van der Waals surface area contributed by atoms with Crippen LogP contribution in [-0.4, -0.2) is 36.8 Å². The molecule has 3 rings (SSSR count). The highest BCUT2D eigenvalue weighted by atomic mass is 32.2. The summed E-state index contributed by atoms with van der Waals surface area (Å²) in [5.74, 6) is 0.512. The standard InChI is InChI=1S/C14H19N3O4S/c1-9-2-4-11(17(18)19)6-14(9)22(20,21)16-7-10-3-5-13(15)12(10)8-16/h2,4,6,10,12-13H,3,5,7-8,15H2,1H3. The van der Waals surface area contributed by atoms with E-state index in [-0.39, 0.29) is 22.5 Å². The molecule has 22 heavy (non-hydrogen) atoms. The van der Waals surface area contributed by atoms with Crippen LogP contribution in [0.25, 0.3) is 0 Å². The first-order valence-electron chi connectivity index (χ1n) is 7.31. The number of rotatable bonds is 3. The Balaban J connectivity index is 1.94. The third-order valence-electron chi connectivity index (χ3n) is 4.88. The van der Waals surface area contributed by atoms with Crippen LogP contribution in [0.5, 0.6) is 0 Å². The van der Waals surface area contributed by atoms with Gasteiger partial charge >= 0.3 is 0 Å². The van der Waals surface area contributed by atoms with Crippen molar-refractivity contribution in [3.05, 3.63) is 33.9 Å². The number of hydrogen-bond acceptors (Lipinski definition) is 5. The Kier molecular flexibility index (Phi) is 3.70. The van der Waals surface area contributed by atoms with E-state index in [1.165, 1.54) is 16.4 Å². The van der Waals surface area contributed by atoms with Crippen LogP contribution in [0, 0.1) is 28.9 Å². The van der Waals surface area contributed by atoms with Crippen LogP contribution in [0.3, 0.4) is 0 Å². The molecule has 3 unspecified atom stereocenters. The summed E-state index contributed by atoms with van der Waals surface area (Å²) >= 11 is 0. The molecule has 1 saturated carbocycles. The minimum absolute atomic E-state index is 0.0234. The maximum Gasteiger partial charge on any atom is 0.270 e. The molecule has 120 valence electrons. The predicted molar refractivity (Wildman–Crippen MR) is 80.8 cm³/mol. The van der Waals surface area contributed by atoms with Gasteiger partial charge in [0.05, 0.1) is 9.82 Å². The Morgan fingerprint density at radius 1 is 1.32 bits per heavy atom. The molecule has 1 aliphatic heterocycles. The molecule has 0 bridgehead atoms. The lowest BCUT2D eigenvalue weighted by molar-refractivity contribution is -0.385. The molecular weight excluding hydrogens is 306 g/mol. The van der Waals surface area contributed by atoms with Crippen LogP contribution in [-0.2, 0) is 10.0 Å². The van der Waals surface area contributed by atoms with Crippen molar-refractivity contribution in [2.75, 3.05) is 13.1 Å². The molecule has 1 aliphatic carbocycles.